The van der Waals surface area contributed by atoms with Crippen LogP contribution >= 0.6 is 11.6 Å². The molecule has 0 fully saturated rings. The molecular formula is C22H22ClN3O4. The summed E-state index contributed by atoms with van der Waals surface area (Å²) in [4.78, 5) is 15.0. The van der Waals surface area contributed by atoms with Gasteiger partial charge in [0.05, 0.1) is 25.4 Å². The van der Waals surface area contributed by atoms with E-state index in [4.69, 9.17) is 25.8 Å². The van der Waals surface area contributed by atoms with Gasteiger partial charge in [-0.2, -0.15) is 5.10 Å². The number of H-pyrrole nitrogens is 1. The summed E-state index contributed by atoms with van der Waals surface area (Å²) in [6.45, 7) is 0.268. The topological polar surface area (TPSA) is 76.7 Å². The number of carbonyl (C=O) groups is 1. The Balaban J connectivity index is 1.82. The Labute approximate surface area is 179 Å². The fourth-order valence-electron chi connectivity index (χ4n) is 3.75. The molecule has 0 saturated carbocycles. The predicted molar refractivity (Wildman–Crippen MR) is 113 cm³/mol. The summed E-state index contributed by atoms with van der Waals surface area (Å²) in [7, 11) is 4.72. The minimum atomic E-state index is -0.551. The van der Waals surface area contributed by atoms with E-state index in [2.05, 4.69) is 10.2 Å². The van der Waals surface area contributed by atoms with E-state index in [0.29, 0.717) is 10.7 Å². The number of fused-ring (bicyclic) bond motifs is 1. The van der Waals surface area contributed by atoms with Gasteiger partial charge in [-0.25, -0.2) is 0 Å². The SMILES string of the molecule is COc1ccc(-c2n[nH]c3c2C(c2ccc(Cl)cc2)N(CC(OC)OC)C3=O)cc1. The molecule has 0 bridgehead atoms. The van der Waals surface area contributed by atoms with Crippen molar-refractivity contribution in [2.24, 2.45) is 0 Å². The highest BCUT2D eigenvalue weighted by Crippen LogP contribution is 2.43. The van der Waals surface area contributed by atoms with Crippen molar-refractivity contribution < 1.29 is 19.0 Å². The van der Waals surface area contributed by atoms with Crippen LogP contribution in [-0.2, 0) is 9.47 Å². The monoisotopic (exact) mass is 427 g/mol. The lowest BCUT2D eigenvalue weighted by Crippen LogP contribution is -2.38. The molecule has 8 heteroatoms. The Kier molecular flexibility index (Phi) is 5.76. The number of carbonyl (C=O) groups excluding carboxylic acids is 1. The number of halogens is 1. The van der Waals surface area contributed by atoms with Crippen LogP contribution in [0, 0.1) is 0 Å². The van der Waals surface area contributed by atoms with E-state index in [-0.39, 0.29) is 18.5 Å². The van der Waals surface area contributed by atoms with Crippen molar-refractivity contribution in [1.29, 1.82) is 0 Å². The van der Waals surface area contributed by atoms with Gasteiger partial charge in [0, 0.05) is 30.4 Å². The molecule has 2 aromatic carbocycles. The standard InChI is InChI=1S/C22H22ClN3O4/c1-28-16-10-6-13(7-11-16)19-18-20(25-24-19)22(27)26(12-17(29-2)30-3)21(18)14-4-8-15(23)9-5-14/h4-11,17,21H,12H2,1-3H3,(H,24,25). The van der Waals surface area contributed by atoms with E-state index in [0.717, 1.165) is 28.1 Å². The maximum Gasteiger partial charge on any atom is 0.273 e. The quantitative estimate of drug-likeness (QED) is 0.578. The van der Waals surface area contributed by atoms with Crippen LogP contribution in [0.25, 0.3) is 11.3 Å². The first kappa shape index (κ1) is 20.4. The summed E-state index contributed by atoms with van der Waals surface area (Å²) >= 11 is 6.10. The number of benzene rings is 2. The zero-order valence-electron chi connectivity index (χ0n) is 16.9. The highest BCUT2D eigenvalue weighted by molar-refractivity contribution is 6.30. The third-order valence-corrected chi connectivity index (χ3v) is 5.54. The number of aromatic nitrogens is 2. The number of methoxy groups -OCH3 is 3. The third kappa shape index (κ3) is 3.56. The van der Waals surface area contributed by atoms with Gasteiger partial charge in [0.25, 0.3) is 5.91 Å². The summed E-state index contributed by atoms with van der Waals surface area (Å²) < 4.78 is 16.0. The van der Waals surface area contributed by atoms with Crippen molar-refractivity contribution in [3.8, 4) is 17.0 Å². The molecule has 4 rings (SSSR count). The molecule has 0 radical (unpaired) electrons. The number of amides is 1. The maximum atomic E-state index is 13.3. The van der Waals surface area contributed by atoms with Gasteiger partial charge in [0.15, 0.2) is 6.29 Å². The van der Waals surface area contributed by atoms with Gasteiger partial charge in [0.2, 0.25) is 0 Å². The molecule has 1 unspecified atom stereocenters. The van der Waals surface area contributed by atoms with Crippen molar-refractivity contribution >= 4 is 17.5 Å². The van der Waals surface area contributed by atoms with E-state index < -0.39 is 6.29 Å². The fourth-order valence-corrected chi connectivity index (χ4v) is 3.88. The van der Waals surface area contributed by atoms with Crippen LogP contribution in [0.15, 0.2) is 48.5 Å². The summed E-state index contributed by atoms with van der Waals surface area (Å²) in [5, 5.41) is 8.02. The highest BCUT2D eigenvalue weighted by Gasteiger charge is 2.43. The normalized spacial score (nSPS) is 15.7. The van der Waals surface area contributed by atoms with E-state index in [1.54, 1.807) is 26.2 Å². The Hall–Kier alpha value is -2.87. The van der Waals surface area contributed by atoms with Crippen LogP contribution in [-0.4, -0.2) is 55.2 Å². The molecule has 156 valence electrons. The van der Waals surface area contributed by atoms with Crippen LogP contribution < -0.4 is 4.74 Å². The molecule has 0 aliphatic carbocycles. The first-order valence-electron chi connectivity index (χ1n) is 9.42. The average molecular weight is 428 g/mol. The van der Waals surface area contributed by atoms with Crippen molar-refractivity contribution in [2.45, 2.75) is 12.3 Å². The van der Waals surface area contributed by atoms with Crippen LogP contribution in [0.5, 0.6) is 5.75 Å². The van der Waals surface area contributed by atoms with E-state index in [1.165, 1.54) is 0 Å². The molecule has 1 aliphatic heterocycles. The molecule has 1 N–H and O–H groups in total. The summed E-state index contributed by atoms with van der Waals surface area (Å²) in [5.74, 6) is 0.595. The number of aromatic amines is 1. The van der Waals surface area contributed by atoms with Gasteiger partial charge in [-0.05, 0) is 42.0 Å². The van der Waals surface area contributed by atoms with Gasteiger partial charge in [-0.1, -0.05) is 23.7 Å². The minimum Gasteiger partial charge on any atom is -0.497 e. The van der Waals surface area contributed by atoms with Gasteiger partial charge >= 0.3 is 0 Å². The van der Waals surface area contributed by atoms with Crippen molar-refractivity contribution in [3.63, 3.8) is 0 Å². The summed E-state index contributed by atoms with van der Waals surface area (Å²) in [6, 6.07) is 14.7. The lowest BCUT2D eigenvalue weighted by molar-refractivity contribution is -0.113. The van der Waals surface area contributed by atoms with E-state index in [1.807, 2.05) is 48.5 Å². The molecular weight excluding hydrogens is 406 g/mol. The number of nitrogens with one attached hydrogen (secondary N) is 1. The molecule has 30 heavy (non-hydrogen) atoms. The number of hydrogen-bond acceptors (Lipinski definition) is 5. The van der Waals surface area contributed by atoms with Crippen LogP contribution in [0.1, 0.15) is 27.7 Å². The molecule has 1 aromatic heterocycles. The first-order valence-corrected chi connectivity index (χ1v) is 9.79. The first-order chi connectivity index (χ1) is 14.6. The lowest BCUT2D eigenvalue weighted by atomic mass is 9.96. The second-order valence-corrected chi connectivity index (χ2v) is 7.34. The Morgan fingerprint density at radius 1 is 1.07 bits per heavy atom. The van der Waals surface area contributed by atoms with E-state index in [9.17, 15) is 4.79 Å². The maximum absolute atomic E-state index is 13.3. The van der Waals surface area contributed by atoms with Crippen molar-refractivity contribution in [1.82, 2.24) is 15.1 Å². The zero-order chi connectivity index (χ0) is 21.3. The molecule has 1 atom stereocenters. The number of ether oxygens (including phenoxy) is 3. The second-order valence-electron chi connectivity index (χ2n) is 6.90. The zero-order valence-corrected chi connectivity index (χ0v) is 17.6. The average Bonchev–Trinajstić information content (AvgIpc) is 3.32. The molecule has 1 amide bonds. The van der Waals surface area contributed by atoms with Gasteiger partial charge < -0.3 is 19.1 Å². The summed E-state index contributed by atoms with van der Waals surface area (Å²) in [6.07, 6.45) is -0.551. The summed E-state index contributed by atoms with van der Waals surface area (Å²) in [5.41, 5.74) is 3.81. The smallest absolute Gasteiger partial charge is 0.273 e. The van der Waals surface area contributed by atoms with E-state index >= 15 is 0 Å². The van der Waals surface area contributed by atoms with Gasteiger partial charge in [-0.3, -0.25) is 9.89 Å². The predicted octanol–water partition coefficient (Wildman–Crippen LogP) is 3.90. The third-order valence-electron chi connectivity index (χ3n) is 5.28. The molecule has 0 saturated heterocycles. The number of nitrogens with zero attached hydrogens (tertiary/aromatic N) is 2. The van der Waals surface area contributed by atoms with Crippen LogP contribution in [0.3, 0.4) is 0 Å². The number of rotatable bonds is 7. The Morgan fingerprint density at radius 3 is 2.33 bits per heavy atom. The molecule has 7 nitrogen and oxygen atoms in total. The fraction of sp³-hybridized carbons (Fsp3) is 0.273. The molecule has 1 aliphatic rings. The molecule has 0 spiro atoms. The Morgan fingerprint density at radius 2 is 1.73 bits per heavy atom. The van der Waals surface area contributed by atoms with Crippen LogP contribution in [0.2, 0.25) is 5.02 Å². The van der Waals surface area contributed by atoms with Crippen molar-refractivity contribution in [2.75, 3.05) is 27.9 Å². The lowest BCUT2D eigenvalue weighted by Gasteiger charge is -2.29. The van der Waals surface area contributed by atoms with Crippen LogP contribution in [0.4, 0.5) is 0 Å². The van der Waals surface area contributed by atoms with Crippen molar-refractivity contribution in [3.05, 3.63) is 70.4 Å². The highest BCUT2D eigenvalue weighted by atomic mass is 35.5. The van der Waals surface area contributed by atoms with Gasteiger partial charge in [0.1, 0.15) is 11.4 Å². The largest absolute Gasteiger partial charge is 0.497 e. The second kappa shape index (κ2) is 8.47. The van der Waals surface area contributed by atoms with Gasteiger partial charge in [-0.15, -0.1) is 0 Å². The number of hydrogen-bond donors (Lipinski definition) is 1. The molecule has 2 heterocycles. The minimum absolute atomic E-state index is 0.156. The Bertz CT molecular complexity index is 1030. The molecule has 3 aromatic rings.